The SMILES string of the molecule is O=C(COC(=O)c1ccc(CO)cc1)NCc1ccc2c(c1)OCO2. The van der Waals surface area contributed by atoms with Crippen LogP contribution in [0.25, 0.3) is 0 Å². The second-order valence-corrected chi connectivity index (χ2v) is 5.40. The quantitative estimate of drug-likeness (QED) is 0.770. The monoisotopic (exact) mass is 343 g/mol. The zero-order valence-electron chi connectivity index (χ0n) is 13.4. The van der Waals surface area contributed by atoms with Crippen molar-refractivity contribution in [1.82, 2.24) is 5.32 Å². The van der Waals surface area contributed by atoms with Crippen molar-refractivity contribution in [1.29, 1.82) is 0 Å². The molecule has 2 aromatic rings. The van der Waals surface area contributed by atoms with Gasteiger partial charge in [0.1, 0.15) is 0 Å². The molecule has 0 radical (unpaired) electrons. The lowest BCUT2D eigenvalue weighted by molar-refractivity contribution is -0.124. The van der Waals surface area contributed by atoms with Crippen molar-refractivity contribution in [2.75, 3.05) is 13.4 Å². The second kappa shape index (κ2) is 7.67. The molecule has 2 aromatic carbocycles. The Morgan fingerprint density at radius 2 is 1.76 bits per heavy atom. The molecule has 1 aliphatic heterocycles. The molecule has 0 atom stereocenters. The fourth-order valence-corrected chi connectivity index (χ4v) is 2.26. The number of carbonyl (C=O) groups excluding carboxylic acids is 2. The average Bonchev–Trinajstić information content (AvgIpc) is 3.12. The van der Waals surface area contributed by atoms with E-state index in [1.807, 2.05) is 6.07 Å². The Balaban J connectivity index is 1.45. The summed E-state index contributed by atoms with van der Waals surface area (Å²) in [5.41, 5.74) is 1.86. The molecule has 0 unspecified atom stereocenters. The summed E-state index contributed by atoms with van der Waals surface area (Å²) in [4.78, 5) is 23.7. The molecule has 2 N–H and O–H groups in total. The van der Waals surface area contributed by atoms with E-state index in [0.717, 1.165) is 5.56 Å². The van der Waals surface area contributed by atoms with Gasteiger partial charge in [0.25, 0.3) is 5.91 Å². The Morgan fingerprint density at radius 1 is 1.04 bits per heavy atom. The third-order valence-electron chi connectivity index (χ3n) is 3.63. The highest BCUT2D eigenvalue weighted by molar-refractivity contribution is 5.91. The van der Waals surface area contributed by atoms with Crippen molar-refractivity contribution in [3.8, 4) is 11.5 Å². The van der Waals surface area contributed by atoms with Gasteiger partial charge >= 0.3 is 5.97 Å². The molecule has 0 spiro atoms. The molecule has 1 amide bonds. The summed E-state index contributed by atoms with van der Waals surface area (Å²) >= 11 is 0. The first-order valence-corrected chi connectivity index (χ1v) is 7.68. The van der Waals surface area contributed by atoms with Crippen LogP contribution in [-0.4, -0.2) is 30.4 Å². The lowest BCUT2D eigenvalue weighted by Crippen LogP contribution is -2.28. The molecule has 0 fully saturated rings. The fraction of sp³-hybridized carbons (Fsp3) is 0.222. The molecule has 0 aliphatic carbocycles. The molecule has 0 saturated heterocycles. The summed E-state index contributed by atoms with van der Waals surface area (Å²) in [6, 6.07) is 11.7. The van der Waals surface area contributed by atoms with Gasteiger partial charge in [-0.25, -0.2) is 4.79 Å². The molecule has 0 saturated carbocycles. The maximum absolute atomic E-state index is 11.9. The van der Waals surface area contributed by atoms with Gasteiger partial charge < -0.3 is 24.6 Å². The first-order valence-electron chi connectivity index (χ1n) is 7.68. The normalized spacial score (nSPS) is 11.9. The number of aliphatic hydroxyl groups excluding tert-OH is 1. The Bertz CT molecular complexity index is 772. The van der Waals surface area contributed by atoms with E-state index in [2.05, 4.69) is 5.32 Å². The number of ether oxygens (including phenoxy) is 3. The molecule has 7 heteroatoms. The highest BCUT2D eigenvalue weighted by Crippen LogP contribution is 2.32. The van der Waals surface area contributed by atoms with Gasteiger partial charge in [-0.15, -0.1) is 0 Å². The van der Waals surface area contributed by atoms with Crippen LogP contribution in [0.15, 0.2) is 42.5 Å². The van der Waals surface area contributed by atoms with E-state index >= 15 is 0 Å². The van der Waals surface area contributed by atoms with Crippen LogP contribution in [0.2, 0.25) is 0 Å². The molecular weight excluding hydrogens is 326 g/mol. The summed E-state index contributed by atoms with van der Waals surface area (Å²) in [7, 11) is 0. The predicted molar refractivity (Wildman–Crippen MR) is 87.1 cm³/mol. The molecule has 3 rings (SSSR count). The minimum atomic E-state index is -0.595. The van der Waals surface area contributed by atoms with Crippen molar-refractivity contribution >= 4 is 11.9 Å². The van der Waals surface area contributed by atoms with E-state index in [9.17, 15) is 9.59 Å². The predicted octanol–water partition coefficient (Wildman–Crippen LogP) is 1.38. The minimum Gasteiger partial charge on any atom is -0.454 e. The summed E-state index contributed by atoms with van der Waals surface area (Å²) in [5.74, 6) is 0.321. The largest absolute Gasteiger partial charge is 0.454 e. The third kappa shape index (κ3) is 4.27. The minimum absolute atomic E-state index is 0.0996. The van der Waals surface area contributed by atoms with Crippen LogP contribution in [0.5, 0.6) is 11.5 Å². The molecule has 130 valence electrons. The Labute approximate surface area is 144 Å². The van der Waals surface area contributed by atoms with Gasteiger partial charge in [-0.3, -0.25) is 4.79 Å². The van der Waals surface area contributed by atoms with Crippen molar-refractivity contribution in [2.24, 2.45) is 0 Å². The molecule has 7 nitrogen and oxygen atoms in total. The van der Waals surface area contributed by atoms with Gasteiger partial charge in [0.15, 0.2) is 18.1 Å². The number of esters is 1. The van der Waals surface area contributed by atoms with Crippen LogP contribution in [0, 0.1) is 0 Å². The zero-order valence-corrected chi connectivity index (χ0v) is 13.4. The summed E-state index contributed by atoms with van der Waals surface area (Å²) in [6.45, 7) is 0.0152. The Morgan fingerprint density at radius 3 is 2.52 bits per heavy atom. The maximum atomic E-state index is 11.9. The van der Waals surface area contributed by atoms with Crippen LogP contribution in [0.4, 0.5) is 0 Å². The summed E-state index contributed by atoms with van der Waals surface area (Å²) in [6.07, 6.45) is 0. The number of amides is 1. The molecule has 0 bridgehead atoms. The molecule has 1 heterocycles. The lowest BCUT2D eigenvalue weighted by Gasteiger charge is -2.07. The van der Waals surface area contributed by atoms with E-state index in [-0.39, 0.29) is 26.6 Å². The standard InChI is InChI=1S/C18H17NO6/c20-9-12-1-4-14(5-2-12)18(22)23-10-17(21)19-8-13-3-6-15-16(7-13)25-11-24-15/h1-7,20H,8-11H2,(H,19,21). The molecule has 1 aliphatic rings. The van der Waals surface area contributed by atoms with Crippen molar-refractivity contribution in [3.63, 3.8) is 0 Å². The van der Waals surface area contributed by atoms with Crippen LogP contribution in [0.1, 0.15) is 21.5 Å². The van der Waals surface area contributed by atoms with Crippen molar-refractivity contribution < 1.29 is 28.9 Å². The van der Waals surface area contributed by atoms with Crippen molar-refractivity contribution in [2.45, 2.75) is 13.2 Å². The third-order valence-corrected chi connectivity index (χ3v) is 3.63. The van der Waals surface area contributed by atoms with Gasteiger partial charge in [-0.2, -0.15) is 0 Å². The van der Waals surface area contributed by atoms with Crippen LogP contribution in [-0.2, 0) is 22.7 Å². The number of hydrogen-bond donors (Lipinski definition) is 2. The highest BCUT2D eigenvalue weighted by atomic mass is 16.7. The first kappa shape index (κ1) is 16.8. The number of aliphatic hydroxyl groups is 1. The van der Waals surface area contributed by atoms with Crippen LogP contribution < -0.4 is 14.8 Å². The van der Waals surface area contributed by atoms with E-state index in [0.29, 0.717) is 22.6 Å². The van der Waals surface area contributed by atoms with E-state index < -0.39 is 11.9 Å². The Kier molecular flexibility index (Phi) is 5.15. The van der Waals surface area contributed by atoms with E-state index in [1.165, 1.54) is 0 Å². The number of benzene rings is 2. The maximum Gasteiger partial charge on any atom is 0.338 e. The van der Waals surface area contributed by atoms with Crippen molar-refractivity contribution in [3.05, 3.63) is 59.2 Å². The van der Waals surface area contributed by atoms with Gasteiger partial charge in [-0.05, 0) is 35.4 Å². The number of hydrogen-bond acceptors (Lipinski definition) is 6. The summed E-state index contributed by atoms with van der Waals surface area (Å²) in [5, 5.41) is 11.6. The Hall–Kier alpha value is -3.06. The number of rotatable bonds is 6. The first-order chi connectivity index (χ1) is 12.2. The summed E-state index contributed by atoms with van der Waals surface area (Å²) < 4.78 is 15.5. The van der Waals surface area contributed by atoms with E-state index in [4.69, 9.17) is 19.3 Å². The number of nitrogens with one attached hydrogen (secondary N) is 1. The highest BCUT2D eigenvalue weighted by Gasteiger charge is 2.14. The number of carbonyl (C=O) groups is 2. The number of fused-ring (bicyclic) bond motifs is 1. The van der Waals surface area contributed by atoms with Gasteiger partial charge in [0.2, 0.25) is 6.79 Å². The van der Waals surface area contributed by atoms with Gasteiger partial charge in [0, 0.05) is 6.54 Å². The molecular formula is C18H17NO6. The van der Waals surface area contributed by atoms with Gasteiger partial charge in [0.05, 0.1) is 12.2 Å². The average molecular weight is 343 g/mol. The second-order valence-electron chi connectivity index (χ2n) is 5.40. The van der Waals surface area contributed by atoms with Gasteiger partial charge in [-0.1, -0.05) is 18.2 Å². The topological polar surface area (TPSA) is 94.1 Å². The lowest BCUT2D eigenvalue weighted by atomic mass is 10.1. The van der Waals surface area contributed by atoms with Crippen LogP contribution in [0.3, 0.4) is 0 Å². The smallest absolute Gasteiger partial charge is 0.338 e. The molecule has 0 aromatic heterocycles. The van der Waals surface area contributed by atoms with E-state index in [1.54, 1.807) is 36.4 Å². The van der Waals surface area contributed by atoms with Crippen LogP contribution >= 0.6 is 0 Å². The fourth-order valence-electron chi connectivity index (χ4n) is 2.26. The molecule has 25 heavy (non-hydrogen) atoms. The zero-order chi connectivity index (χ0) is 17.6.